The monoisotopic (exact) mass is 234 g/mol. The summed E-state index contributed by atoms with van der Waals surface area (Å²) in [5.41, 5.74) is 1.07. The molecule has 1 aromatic heterocycles. The Hall–Kier alpha value is -1.84. The highest BCUT2D eigenvalue weighted by atomic mass is 16.5. The molecule has 0 fully saturated rings. The van der Waals surface area contributed by atoms with Crippen molar-refractivity contribution in [1.82, 2.24) is 9.88 Å². The van der Waals surface area contributed by atoms with Gasteiger partial charge in [-0.15, -0.1) is 0 Å². The van der Waals surface area contributed by atoms with Crippen LogP contribution in [0, 0.1) is 6.92 Å². The van der Waals surface area contributed by atoms with Gasteiger partial charge in [0.05, 0.1) is 7.11 Å². The van der Waals surface area contributed by atoms with Crippen LogP contribution in [-0.4, -0.2) is 36.2 Å². The van der Waals surface area contributed by atoms with Crippen LogP contribution in [-0.2, 0) is 4.74 Å². The van der Waals surface area contributed by atoms with Gasteiger partial charge >= 0.3 is 6.09 Å². The minimum Gasteiger partial charge on any atom is -0.453 e. The zero-order valence-corrected chi connectivity index (χ0v) is 10.3. The molecule has 1 aromatic rings. The van der Waals surface area contributed by atoms with Gasteiger partial charge in [-0.25, -0.2) is 4.79 Å². The van der Waals surface area contributed by atoms with E-state index in [1.54, 1.807) is 11.1 Å². The summed E-state index contributed by atoms with van der Waals surface area (Å²) in [6.45, 7) is 3.44. The highest BCUT2D eigenvalue weighted by Crippen LogP contribution is 2.01. The molecular weight excluding hydrogens is 216 g/mol. The van der Waals surface area contributed by atoms with Gasteiger partial charge in [-0.2, -0.15) is 0 Å². The third kappa shape index (κ3) is 5.15. The van der Waals surface area contributed by atoms with Crippen molar-refractivity contribution >= 4 is 6.09 Å². The molecule has 2 heterocycles. The third-order valence-electron chi connectivity index (χ3n) is 2.30. The maximum absolute atomic E-state index is 10.8. The largest absolute Gasteiger partial charge is 0.453 e. The number of hydrogen-bond acceptors (Lipinski definition) is 3. The number of rotatable bonds is 0. The number of aromatic nitrogens is 1. The summed E-state index contributed by atoms with van der Waals surface area (Å²) in [6.07, 6.45) is 6.54. The lowest BCUT2D eigenvalue weighted by Gasteiger charge is -2.21. The van der Waals surface area contributed by atoms with Crippen molar-refractivity contribution in [2.75, 3.05) is 20.2 Å². The van der Waals surface area contributed by atoms with Crippen LogP contribution >= 0.6 is 0 Å². The maximum Gasteiger partial charge on any atom is 0.409 e. The van der Waals surface area contributed by atoms with E-state index in [2.05, 4.69) is 15.8 Å². The van der Waals surface area contributed by atoms with Gasteiger partial charge in [-0.3, -0.25) is 4.98 Å². The lowest BCUT2D eigenvalue weighted by Crippen LogP contribution is -2.33. The summed E-state index contributed by atoms with van der Waals surface area (Å²) in [6, 6.07) is 5.86. The molecule has 0 spiro atoms. The van der Waals surface area contributed by atoms with Crippen molar-refractivity contribution in [3.05, 3.63) is 42.2 Å². The molecule has 0 unspecified atom stereocenters. The van der Waals surface area contributed by atoms with Gasteiger partial charge in [0, 0.05) is 25.0 Å². The van der Waals surface area contributed by atoms with Gasteiger partial charge in [0.25, 0.3) is 0 Å². The Bertz CT molecular complexity index is 363. The van der Waals surface area contributed by atoms with Gasteiger partial charge < -0.3 is 9.64 Å². The molecule has 0 saturated carbocycles. The molecule has 0 N–H and O–H groups in total. The number of ether oxygens (including phenoxy) is 1. The molecule has 4 nitrogen and oxygen atoms in total. The quantitative estimate of drug-likeness (QED) is 0.647. The van der Waals surface area contributed by atoms with Gasteiger partial charge in [-0.1, -0.05) is 18.2 Å². The van der Waals surface area contributed by atoms with E-state index in [0.29, 0.717) is 6.54 Å². The fourth-order valence-electron chi connectivity index (χ4n) is 1.38. The van der Waals surface area contributed by atoms with E-state index in [0.717, 1.165) is 18.7 Å². The van der Waals surface area contributed by atoms with Crippen LogP contribution in [0.5, 0.6) is 0 Å². The van der Waals surface area contributed by atoms with Gasteiger partial charge in [0.1, 0.15) is 0 Å². The Morgan fingerprint density at radius 2 is 2.24 bits per heavy atom. The fourth-order valence-corrected chi connectivity index (χ4v) is 1.38. The zero-order valence-electron chi connectivity index (χ0n) is 10.3. The summed E-state index contributed by atoms with van der Waals surface area (Å²) in [5.74, 6) is 0. The first-order valence-corrected chi connectivity index (χ1v) is 5.59. The molecule has 0 saturated heterocycles. The van der Waals surface area contributed by atoms with Crippen LogP contribution < -0.4 is 0 Å². The fraction of sp³-hybridized carbons (Fsp3) is 0.385. The maximum atomic E-state index is 10.8. The second-order valence-corrected chi connectivity index (χ2v) is 3.65. The van der Waals surface area contributed by atoms with E-state index < -0.39 is 0 Å². The Balaban J connectivity index is 0.000000181. The molecule has 17 heavy (non-hydrogen) atoms. The van der Waals surface area contributed by atoms with Crippen molar-refractivity contribution in [3.63, 3.8) is 0 Å². The molecule has 0 aromatic carbocycles. The smallest absolute Gasteiger partial charge is 0.409 e. The Morgan fingerprint density at radius 3 is 2.65 bits per heavy atom. The van der Waals surface area contributed by atoms with Crippen LogP contribution in [0.1, 0.15) is 12.1 Å². The molecule has 92 valence electrons. The van der Waals surface area contributed by atoms with E-state index in [9.17, 15) is 4.79 Å². The van der Waals surface area contributed by atoms with Crippen molar-refractivity contribution < 1.29 is 9.53 Å². The molecule has 0 aliphatic carbocycles. The summed E-state index contributed by atoms with van der Waals surface area (Å²) in [5, 5.41) is 0. The minimum atomic E-state index is -0.232. The Kier molecular flexibility index (Phi) is 5.79. The predicted molar refractivity (Wildman–Crippen MR) is 66.7 cm³/mol. The van der Waals surface area contributed by atoms with E-state index >= 15 is 0 Å². The predicted octanol–water partition coefficient (Wildman–Crippen LogP) is 2.40. The normalized spacial score (nSPS) is 13.6. The summed E-state index contributed by atoms with van der Waals surface area (Å²) >= 11 is 0. The summed E-state index contributed by atoms with van der Waals surface area (Å²) in [7, 11) is 1.40. The number of aryl methyl sites for hydroxylation is 1. The minimum absolute atomic E-state index is 0.232. The third-order valence-corrected chi connectivity index (χ3v) is 2.30. The number of amides is 1. The van der Waals surface area contributed by atoms with Crippen LogP contribution in [0.4, 0.5) is 4.79 Å². The number of nitrogens with zero attached hydrogens (tertiary/aromatic N) is 2. The molecule has 1 aliphatic heterocycles. The van der Waals surface area contributed by atoms with Crippen molar-refractivity contribution in [2.24, 2.45) is 0 Å². The second kappa shape index (κ2) is 7.44. The number of pyridine rings is 1. The average molecular weight is 234 g/mol. The lowest BCUT2D eigenvalue weighted by atomic mass is 10.3. The first kappa shape index (κ1) is 13.2. The second-order valence-electron chi connectivity index (χ2n) is 3.65. The van der Waals surface area contributed by atoms with Gasteiger partial charge in [0.15, 0.2) is 0 Å². The molecule has 4 heteroatoms. The molecule has 1 amide bonds. The van der Waals surface area contributed by atoms with Crippen LogP contribution in [0.25, 0.3) is 0 Å². The number of hydrogen-bond donors (Lipinski definition) is 0. The highest BCUT2D eigenvalue weighted by molar-refractivity contribution is 5.67. The zero-order chi connectivity index (χ0) is 12.5. The topological polar surface area (TPSA) is 42.4 Å². The van der Waals surface area contributed by atoms with Crippen LogP contribution in [0.3, 0.4) is 0 Å². The average Bonchev–Trinajstić information content (AvgIpc) is 2.40. The number of carbonyl (C=O) groups excluding carboxylic acids is 1. The van der Waals surface area contributed by atoms with Crippen molar-refractivity contribution in [1.29, 1.82) is 0 Å². The molecule has 2 rings (SSSR count). The molecular formula is C13H18N2O2. The van der Waals surface area contributed by atoms with E-state index in [4.69, 9.17) is 0 Å². The van der Waals surface area contributed by atoms with E-state index in [1.165, 1.54) is 7.11 Å². The first-order chi connectivity index (χ1) is 8.24. The van der Waals surface area contributed by atoms with Crippen LogP contribution in [0.15, 0.2) is 36.5 Å². The number of methoxy groups -OCH3 is 1. The molecule has 0 bridgehead atoms. The Morgan fingerprint density at radius 1 is 1.41 bits per heavy atom. The van der Waals surface area contributed by atoms with Crippen molar-refractivity contribution in [3.8, 4) is 0 Å². The lowest BCUT2D eigenvalue weighted by molar-refractivity contribution is 0.127. The van der Waals surface area contributed by atoms with E-state index in [1.807, 2.05) is 31.2 Å². The first-order valence-electron chi connectivity index (χ1n) is 5.59. The van der Waals surface area contributed by atoms with E-state index in [-0.39, 0.29) is 6.09 Å². The summed E-state index contributed by atoms with van der Waals surface area (Å²) < 4.78 is 4.54. The summed E-state index contributed by atoms with van der Waals surface area (Å²) in [4.78, 5) is 16.5. The van der Waals surface area contributed by atoms with Crippen LogP contribution in [0.2, 0.25) is 0 Å². The molecule has 1 aliphatic rings. The molecule has 0 radical (unpaired) electrons. The Labute approximate surface area is 102 Å². The standard InChI is InChI=1S/C7H11NO2.C6H7N/c1-10-7(9)8-5-3-2-4-6-8;1-6-4-2-3-5-7-6/h2-3H,4-6H2,1H3;2-5H,1H3. The SMILES string of the molecule is COC(=O)N1CC=CCC1.Cc1ccccn1. The highest BCUT2D eigenvalue weighted by Gasteiger charge is 2.12. The van der Waals surface area contributed by atoms with Gasteiger partial charge in [0.2, 0.25) is 0 Å². The van der Waals surface area contributed by atoms with Crippen molar-refractivity contribution in [2.45, 2.75) is 13.3 Å². The number of carbonyl (C=O) groups is 1. The molecule has 0 atom stereocenters. The van der Waals surface area contributed by atoms with Gasteiger partial charge in [-0.05, 0) is 25.5 Å².